The number of rotatable bonds is 7. The third-order valence-corrected chi connectivity index (χ3v) is 4.41. The molecular formula is C13H19BrS. The molecular weight excluding hydrogens is 268 g/mol. The Labute approximate surface area is 106 Å². The van der Waals surface area contributed by atoms with Crippen molar-refractivity contribution in [2.75, 3.05) is 11.1 Å². The molecule has 1 atom stereocenters. The van der Waals surface area contributed by atoms with Gasteiger partial charge in [-0.3, -0.25) is 0 Å². The predicted octanol–water partition coefficient (Wildman–Crippen LogP) is 4.98. The van der Waals surface area contributed by atoms with Crippen molar-refractivity contribution >= 4 is 27.7 Å². The van der Waals surface area contributed by atoms with Gasteiger partial charge in [0.25, 0.3) is 0 Å². The molecule has 0 bridgehead atoms. The molecule has 1 aromatic carbocycles. The minimum Gasteiger partial charge on any atom is -0.126 e. The molecule has 1 unspecified atom stereocenters. The number of hydrogen-bond acceptors (Lipinski definition) is 1. The lowest BCUT2D eigenvalue weighted by molar-refractivity contribution is 0.524. The number of hydrogen-bond donors (Lipinski definition) is 0. The van der Waals surface area contributed by atoms with E-state index in [1.165, 1.54) is 29.9 Å². The van der Waals surface area contributed by atoms with E-state index >= 15 is 0 Å². The molecule has 0 aliphatic rings. The molecule has 2 heteroatoms. The average molecular weight is 287 g/mol. The third-order valence-electron chi connectivity index (χ3n) is 2.45. The van der Waals surface area contributed by atoms with Gasteiger partial charge in [0.1, 0.15) is 0 Å². The summed E-state index contributed by atoms with van der Waals surface area (Å²) < 4.78 is 0. The molecule has 0 saturated heterocycles. The van der Waals surface area contributed by atoms with Crippen LogP contribution < -0.4 is 0 Å². The Hall–Kier alpha value is 0.0500. The average Bonchev–Trinajstić information content (AvgIpc) is 2.29. The first-order chi connectivity index (χ1) is 7.36. The van der Waals surface area contributed by atoms with Crippen LogP contribution in [0.4, 0.5) is 0 Å². The highest BCUT2D eigenvalue weighted by atomic mass is 79.9. The van der Waals surface area contributed by atoms with E-state index in [9.17, 15) is 0 Å². The number of halogens is 1. The van der Waals surface area contributed by atoms with Crippen LogP contribution in [0.1, 0.15) is 26.2 Å². The highest BCUT2D eigenvalue weighted by molar-refractivity contribution is 9.09. The summed E-state index contributed by atoms with van der Waals surface area (Å²) in [5, 5.41) is 1.15. The molecule has 0 fully saturated rings. The van der Waals surface area contributed by atoms with Gasteiger partial charge in [-0.1, -0.05) is 47.5 Å². The fraction of sp³-hybridized carbons (Fsp3) is 0.538. The molecule has 0 amide bonds. The predicted molar refractivity (Wildman–Crippen MR) is 74.0 cm³/mol. The minimum atomic E-state index is 0.853. The lowest BCUT2D eigenvalue weighted by Gasteiger charge is -2.11. The number of thioether (sulfide) groups is 1. The molecule has 1 aromatic rings. The molecule has 0 spiro atoms. The summed E-state index contributed by atoms with van der Waals surface area (Å²) in [6, 6.07) is 10.7. The third kappa shape index (κ3) is 5.62. The Balaban J connectivity index is 2.20. The van der Waals surface area contributed by atoms with Crippen molar-refractivity contribution in [3.8, 4) is 0 Å². The second kappa shape index (κ2) is 8.23. The maximum atomic E-state index is 3.59. The van der Waals surface area contributed by atoms with E-state index in [0.717, 1.165) is 11.2 Å². The maximum Gasteiger partial charge on any atom is 0.00719 e. The fourth-order valence-electron chi connectivity index (χ4n) is 1.57. The molecule has 0 heterocycles. The Morgan fingerprint density at radius 3 is 2.53 bits per heavy atom. The first-order valence-corrected chi connectivity index (χ1v) is 7.71. The van der Waals surface area contributed by atoms with Crippen LogP contribution in [-0.2, 0) is 0 Å². The SMILES string of the molecule is CCCC(CBr)CCSc1ccccc1. The summed E-state index contributed by atoms with van der Waals surface area (Å²) in [5.41, 5.74) is 0. The van der Waals surface area contributed by atoms with Crippen LogP contribution in [0.25, 0.3) is 0 Å². The van der Waals surface area contributed by atoms with Crippen LogP contribution in [-0.4, -0.2) is 11.1 Å². The van der Waals surface area contributed by atoms with Gasteiger partial charge < -0.3 is 0 Å². The van der Waals surface area contributed by atoms with Crippen molar-refractivity contribution in [3.05, 3.63) is 30.3 Å². The zero-order chi connectivity index (χ0) is 10.9. The molecule has 84 valence electrons. The quantitative estimate of drug-likeness (QED) is 0.503. The van der Waals surface area contributed by atoms with Gasteiger partial charge in [-0.25, -0.2) is 0 Å². The zero-order valence-corrected chi connectivity index (χ0v) is 11.7. The Morgan fingerprint density at radius 1 is 1.20 bits per heavy atom. The first kappa shape index (κ1) is 13.1. The summed E-state index contributed by atoms with van der Waals surface area (Å²) in [4.78, 5) is 1.39. The monoisotopic (exact) mass is 286 g/mol. The summed E-state index contributed by atoms with van der Waals surface area (Å²) in [6.45, 7) is 2.26. The lowest BCUT2D eigenvalue weighted by Crippen LogP contribution is -2.02. The van der Waals surface area contributed by atoms with Crippen LogP contribution in [0.5, 0.6) is 0 Å². The minimum absolute atomic E-state index is 0.853. The molecule has 0 aliphatic heterocycles. The first-order valence-electron chi connectivity index (χ1n) is 5.60. The second-order valence-electron chi connectivity index (χ2n) is 3.76. The molecule has 0 aliphatic carbocycles. The largest absolute Gasteiger partial charge is 0.126 e. The smallest absolute Gasteiger partial charge is 0.00719 e. The summed E-state index contributed by atoms with van der Waals surface area (Å²) in [7, 11) is 0. The molecule has 15 heavy (non-hydrogen) atoms. The highest BCUT2D eigenvalue weighted by Crippen LogP contribution is 2.22. The molecule has 0 saturated carbocycles. The summed E-state index contributed by atoms with van der Waals surface area (Å²) >= 11 is 5.56. The normalized spacial score (nSPS) is 12.7. The summed E-state index contributed by atoms with van der Waals surface area (Å²) in [6.07, 6.45) is 3.96. The van der Waals surface area contributed by atoms with Gasteiger partial charge in [0.2, 0.25) is 0 Å². The van der Waals surface area contributed by atoms with E-state index < -0.39 is 0 Å². The molecule has 0 nitrogen and oxygen atoms in total. The van der Waals surface area contributed by atoms with Gasteiger partial charge in [-0.15, -0.1) is 11.8 Å². The molecule has 0 N–H and O–H groups in total. The molecule has 0 radical (unpaired) electrons. The van der Waals surface area contributed by atoms with Crippen LogP contribution in [0.3, 0.4) is 0 Å². The van der Waals surface area contributed by atoms with Crippen molar-refractivity contribution in [2.24, 2.45) is 5.92 Å². The maximum absolute atomic E-state index is 3.59. The van der Waals surface area contributed by atoms with Gasteiger partial charge >= 0.3 is 0 Å². The zero-order valence-electron chi connectivity index (χ0n) is 9.29. The van der Waals surface area contributed by atoms with E-state index in [1.54, 1.807) is 0 Å². The van der Waals surface area contributed by atoms with Crippen molar-refractivity contribution in [1.82, 2.24) is 0 Å². The molecule has 0 aromatic heterocycles. The lowest BCUT2D eigenvalue weighted by atomic mass is 10.0. The number of alkyl halides is 1. The highest BCUT2D eigenvalue weighted by Gasteiger charge is 2.05. The van der Waals surface area contributed by atoms with E-state index in [2.05, 4.69) is 53.2 Å². The van der Waals surface area contributed by atoms with Gasteiger partial charge in [-0.05, 0) is 36.6 Å². The van der Waals surface area contributed by atoms with Crippen molar-refractivity contribution in [1.29, 1.82) is 0 Å². The van der Waals surface area contributed by atoms with Crippen LogP contribution in [0.15, 0.2) is 35.2 Å². The van der Waals surface area contributed by atoms with Crippen LogP contribution >= 0.6 is 27.7 Å². The van der Waals surface area contributed by atoms with Gasteiger partial charge in [0, 0.05) is 10.2 Å². The Morgan fingerprint density at radius 2 is 1.93 bits per heavy atom. The number of benzene rings is 1. The Bertz CT molecular complexity index is 248. The van der Waals surface area contributed by atoms with Crippen molar-refractivity contribution in [2.45, 2.75) is 31.1 Å². The van der Waals surface area contributed by atoms with E-state index in [-0.39, 0.29) is 0 Å². The van der Waals surface area contributed by atoms with E-state index in [1.807, 2.05) is 11.8 Å². The van der Waals surface area contributed by atoms with Crippen molar-refractivity contribution in [3.63, 3.8) is 0 Å². The van der Waals surface area contributed by atoms with Crippen molar-refractivity contribution < 1.29 is 0 Å². The topological polar surface area (TPSA) is 0 Å². The summed E-state index contributed by atoms with van der Waals surface area (Å²) in [5.74, 6) is 2.09. The van der Waals surface area contributed by atoms with Gasteiger partial charge in [0.05, 0.1) is 0 Å². The van der Waals surface area contributed by atoms with Gasteiger partial charge in [0.15, 0.2) is 0 Å². The Kier molecular flexibility index (Phi) is 7.20. The fourth-order valence-corrected chi connectivity index (χ4v) is 3.25. The second-order valence-corrected chi connectivity index (χ2v) is 5.58. The van der Waals surface area contributed by atoms with Gasteiger partial charge in [-0.2, -0.15) is 0 Å². The standard InChI is InChI=1S/C13H19BrS/c1-2-6-12(11-14)9-10-15-13-7-4-3-5-8-13/h3-5,7-8,12H,2,6,9-11H2,1H3. The van der Waals surface area contributed by atoms with E-state index in [0.29, 0.717) is 0 Å². The van der Waals surface area contributed by atoms with E-state index in [4.69, 9.17) is 0 Å². The van der Waals surface area contributed by atoms with Crippen LogP contribution in [0.2, 0.25) is 0 Å². The van der Waals surface area contributed by atoms with Crippen LogP contribution in [0, 0.1) is 5.92 Å². The molecule has 1 rings (SSSR count).